The number of benzene rings is 2. The lowest BCUT2D eigenvalue weighted by Gasteiger charge is -2.15. The lowest BCUT2D eigenvalue weighted by molar-refractivity contribution is 0.272. The number of halogens is 3. The molecule has 0 unspecified atom stereocenters. The molecule has 0 aliphatic carbocycles. The maximum atomic E-state index is 14.9. The first-order chi connectivity index (χ1) is 15.2. The summed E-state index contributed by atoms with van der Waals surface area (Å²) in [7, 11) is -3.27. The molecule has 3 rings (SSSR count). The van der Waals surface area contributed by atoms with Crippen LogP contribution in [0.4, 0.5) is 20.4 Å². The van der Waals surface area contributed by atoms with E-state index in [4.69, 9.17) is 22.1 Å². The quantitative estimate of drug-likeness (QED) is 0.470. The van der Waals surface area contributed by atoms with Crippen LogP contribution in [0.25, 0.3) is 0 Å². The Morgan fingerprint density at radius 3 is 2.62 bits per heavy atom. The topological polar surface area (TPSA) is 140 Å². The molecule has 0 radical (unpaired) electrons. The van der Waals surface area contributed by atoms with Gasteiger partial charge in [-0.25, -0.2) is 22.2 Å². The average molecular weight is 482 g/mol. The van der Waals surface area contributed by atoms with Crippen molar-refractivity contribution in [1.82, 2.24) is 15.2 Å². The smallest absolute Gasteiger partial charge is 0.265 e. The van der Waals surface area contributed by atoms with Gasteiger partial charge in [-0.15, -0.1) is 10.2 Å². The van der Waals surface area contributed by atoms with Crippen molar-refractivity contribution in [3.63, 3.8) is 0 Å². The number of nitrogens with one attached hydrogen (secondary N) is 1. The first kappa shape index (κ1) is 23.1. The molecule has 2 aromatic carbocycles. The van der Waals surface area contributed by atoms with E-state index in [1.165, 1.54) is 13.2 Å². The second-order valence-corrected chi connectivity index (χ2v) is 8.18. The minimum absolute atomic E-state index is 0.000393. The number of methoxy groups -OCH3 is 1. The van der Waals surface area contributed by atoms with Crippen LogP contribution in [0, 0.1) is 23.5 Å². The summed E-state index contributed by atoms with van der Waals surface area (Å²) in [5.41, 5.74) is 4.11. The zero-order valence-corrected chi connectivity index (χ0v) is 17.8. The molecule has 32 heavy (non-hydrogen) atoms. The van der Waals surface area contributed by atoms with Crippen LogP contribution in [0.1, 0.15) is 16.8 Å². The summed E-state index contributed by atoms with van der Waals surface area (Å²) in [6, 6.07) is 4.12. The van der Waals surface area contributed by atoms with Crippen LogP contribution < -0.4 is 15.2 Å². The maximum absolute atomic E-state index is 14.9. The van der Waals surface area contributed by atoms with Crippen molar-refractivity contribution in [1.29, 1.82) is 0 Å². The molecule has 0 aliphatic heterocycles. The van der Waals surface area contributed by atoms with Crippen molar-refractivity contribution >= 4 is 33.3 Å². The van der Waals surface area contributed by atoms with E-state index in [0.29, 0.717) is 0 Å². The van der Waals surface area contributed by atoms with Crippen molar-refractivity contribution in [2.24, 2.45) is 0 Å². The summed E-state index contributed by atoms with van der Waals surface area (Å²) >= 11 is 5.93. The van der Waals surface area contributed by atoms with Crippen molar-refractivity contribution in [3.05, 3.63) is 63.9 Å². The highest BCUT2D eigenvalue weighted by atomic mass is 35.5. The molecule has 0 spiro atoms. The molecule has 13 heteroatoms. The Morgan fingerprint density at radius 2 is 2.00 bits per heavy atom. The van der Waals surface area contributed by atoms with Gasteiger partial charge in [0.15, 0.2) is 11.5 Å². The Labute approximate surface area is 186 Å². The standard InChI is InChI=1S/C19H14ClF2N5O4S/c1-31-18-10(9-28)6-11(20)7-16(18)32(29,30)27-15-5-4-14(21)13(17(15)22)3-2-12-8-24-19(23)26-25-12/h4-8,27-28H,9H2,1H3,(H2,23,24,26). The summed E-state index contributed by atoms with van der Waals surface area (Å²) in [4.78, 5) is 3.21. The third-order valence-electron chi connectivity index (χ3n) is 3.99. The second-order valence-electron chi connectivity index (χ2n) is 6.10. The van der Waals surface area contributed by atoms with Gasteiger partial charge in [-0.2, -0.15) is 0 Å². The lowest BCUT2D eigenvalue weighted by atomic mass is 10.1. The predicted molar refractivity (Wildman–Crippen MR) is 111 cm³/mol. The summed E-state index contributed by atoms with van der Waals surface area (Å²) in [6.07, 6.45) is 1.15. The van der Waals surface area contributed by atoms with E-state index in [0.717, 1.165) is 24.4 Å². The van der Waals surface area contributed by atoms with Crippen LogP contribution in [-0.4, -0.2) is 35.8 Å². The number of hydrogen-bond donors (Lipinski definition) is 3. The summed E-state index contributed by atoms with van der Waals surface area (Å²) in [5, 5.41) is 16.5. The highest BCUT2D eigenvalue weighted by Crippen LogP contribution is 2.33. The van der Waals surface area contributed by atoms with Crippen LogP contribution in [-0.2, 0) is 16.6 Å². The molecule has 0 saturated carbocycles. The maximum Gasteiger partial charge on any atom is 0.265 e. The fourth-order valence-electron chi connectivity index (χ4n) is 2.58. The number of nitrogens with two attached hydrogens (primary N) is 1. The number of nitrogen functional groups attached to an aromatic ring is 1. The Balaban J connectivity index is 2.03. The molecule has 4 N–H and O–H groups in total. The van der Waals surface area contributed by atoms with Crippen LogP contribution in [0.3, 0.4) is 0 Å². The number of aliphatic hydroxyl groups excluding tert-OH is 1. The second kappa shape index (κ2) is 9.31. The van der Waals surface area contributed by atoms with Crippen molar-refractivity contribution in [2.75, 3.05) is 17.6 Å². The van der Waals surface area contributed by atoms with E-state index in [9.17, 15) is 22.3 Å². The van der Waals surface area contributed by atoms with Crippen LogP contribution >= 0.6 is 11.6 Å². The molecule has 0 bridgehead atoms. The van der Waals surface area contributed by atoms with Crippen LogP contribution in [0.15, 0.2) is 35.4 Å². The first-order valence-corrected chi connectivity index (χ1v) is 10.5. The van der Waals surface area contributed by atoms with E-state index in [1.807, 2.05) is 4.72 Å². The number of hydrogen-bond acceptors (Lipinski definition) is 8. The van der Waals surface area contributed by atoms with Gasteiger partial charge in [0.1, 0.15) is 16.5 Å². The third-order valence-corrected chi connectivity index (χ3v) is 5.58. The molecule has 0 amide bonds. The number of aromatic nitrogens is 3. The minimum Gasteiger partial charge on any atom is -0.495 e. The van der Waals surface area contributed by atoms with Crippen molar-refractivity contribution in [2.45, 2.75) is 11.5 Å². The molecule has 3 aromatic rings. The highest BCUT2D eigenvalue weighted by Gasteiger charge is 2.25. The first-order valence-electron chi connectivity index (χ1n) is 8.61. The van der Waals surface area contributed by atoms with Gasteiger partial charge in [0.05, 0.1) is 31.2 Å². The monoisotopic (exact) mass is 481 g/mol. The van der Waals surface area contributed by atoms with Gasteiger partial charge in [-0.3, -0.25) is 4.72 Å². The summed E-state index contributed by atoms with van der Waals surface area (Å²) < 4.78 is 62.0. The summed E-state index contributed by atoms with van der Waals surface area (Å²) in [5.74, 6) is 2.02. The van der Waals surface area contributed by atoms with Gasteiger partial charge in [-0.05, 0) is 30.2 Å². The predicted octanol–water partition coefficient (Wildman–Crippen LogP) is 2.09. The van der Waals surface area contributed by atoms with Gasteiger partial charge < -0.3 is 15.6 Å². The molecular weight excluding hydrogens is 468 g/mol. The zero-order chi connectivity index (χ0) is 23.5. The van der Waals surface area contributed by atoms with E-state index in [-0.39, 0.29) is 28.0 Å². The minimum atomic E-state index is -4.46. The van der Waals surface area contributed by atoms with Crippen LogP contribution in [0.2, 0.25) is 5.02 Å². The van der Waals surface area contributed by atoms with Crippen molar-refractivity contribution < 1.29 is 27.0 Å². The van der Waals surface area contributed by atoms with E-state index in [1.54, 1.807) is 0 Å². The Kier molecular flexibility index (Phi) is 6.73. The van der Waals surface area contributed by atoms with Gasteiger partial charge in [-0.1, -0.05) is 17.5 Å². The molecule has 1 heterocycles. The zero-order valence-electron chi connectivity index (χ0n) is 16.2. The Hall–Kier alpha value is -3.53. The fourth-order valence-corrected chi connectivity index (χ4v) is 4.19. The Bertz CT molecular complexity index is 1340. The van der Waals surface area contributed by atoms with Crippen LogP contribution in [0.5, 0.6) is 5.75 Å². The normalized spacial score (nSPS) is 10.9. The molecule has 1 aromatic heterocycles. The number of nitrogens with zero attached hydrogens (tertiary/aromatic N) is 3. The third kappa shape index (κ3) is 4.86. The SMILES string of the molecule is COc1c(CO)cc(Cl)cc1S(=O)(=O)Nc1ccc(F)c(C#Cc2cnc(N)nn2)c1F. The van der Waals surface area contributed by atoms with Gasteiger partial charge >= 0.3 is 0 Å². The average Bonchev–Trinajstić information content (AvgIpc) is 2.76. The molecule has 0 atom stereocenters. The molecular formula is C19H14ClF2N5O4S. The molecule has 0 aliphatic rings. The molecule has 0 saturated heterocycles. The lowest BCUT2D eigenvalue weighted by Crippen LogP contribution is -2.16. The number of anilines is 2. The number of ether oxygens (including phenoxy) is 1. The highest BCUT2D eigenvalue weighted by molar-refractivity contribution is 7.92. The number of sulfonamides is 1. The number of aliphatic hydroxyl groups is 1. The van der Waals surface area contributed by atoms with Crippen molar-refractivity contribution in [3.8, 4) is 17.6 Å². The van der Waals surface area contributed by atoms with Gasteiger partial charge in [0, 0.05) is 10.6 Å². The van der Waals surface area contributed by atoms with E-state index >= 15 is 0 Å². The van der Waals surface area contributed by atoms with E-state index < -0.39 is 44.4 Å². The fraction of sp³-hybridized carbons (Fsp3) is 0.105. The van der Waals surface area contributed by atoms with Gasteiger partial charge in [0.2, 0.25) is 5.95 Å². The largest absolute Gasteiger partial charge is 0.495 e. The molecule has 0 fully saturated rings. The van der Waals surface area contributed by atoms with Gasteiger partial charge in [0.25, 0.3) is 10.0 Å². The molecule has 9 nitrogen and oxygen atoms in total. The molecule has 166 valence electrons. The summed E-state index contributed by atoms with van der Waals surface area (Å²) in [6.45, 7) is -0.556. The van der Waals surface area contributed by atoms with E-state index in [2.05, 4.69) is 27.0 Å². The number of rotatable bonds is 5. The Morgan fingerprint density at radius 1 is 1.25 bits per heavy atom.